The number of aromatic carboxylic acids is 1. The molecule has 3 aromatic heterocycles. The molecule has 0 aliphatic heterocycles. The third-order valence-electron chi connectivity index (χ3n) is 3.83. The van der Waals surface area contributed by atoms with Crippen molar-refractivity contribution in [1.29, 1.82) is 0 Å². The highest BCUT2D eigenvalue weighted by atomic mass is 16.4. The average molecular weight is 311 g/mol. The molecule has 3 N–H and O–H groups in total. The first kappa shape index (κ1) is 13.4. The topological polar surface area (TPSA) is 122 Å². The van der Waals surface area contributed by atoms with Crippen molar-refractivity contribution in [1.82, 2.24) is 29.9 Å². The van der Waals surface area contributed by atoms with Gasteiger partial charge in [-0.15, -0.1) is 0 Å². The number of aromatic amines is 1. The molecule has 0 bridgehead atoms. The number of nitrogens with zero attached hydrogens (tertiary/aromatic N) is 5. The lowest BCUT2D eigenvalue weighted by Gasteiger charge is -2.17. The maximum atomic E-state index is 11.3. The minimum Gasteiger partial charge on any atom is -0.476 e. The molecule has 4 rings (SSSR count). The van der Waals surface area contributed by atoms with Gasteiger partial charge in [0.1, 0.15) is 5.82 Å². The van der Waals surface area contributed by atoms with Crippen molar-refractivity contribution in [2.45, 2.75) is 12.8 Å². The van der Waals surface area contributed by atoms with Gasteiger partial charge in [-0.1, -0.05) is 0 Å². The summed E-state index contributed by atoms with van der Waals surface area (Å²) in [5.41, 5.74) is 3.24. The van der Waals surface area contributed by atoms with Crippen LogP contribution in [0.2, 0.25) is 0 Å². The highest BCUT2D eigenvalue weighted by molar-refractivity contribution is 5.90. The van der Waals surface area contributed by atoms with E-state index in [2.05, 4.69) is 30.6 Å². The van der Waals surface area contributed by atoms with Crippen LogP contribution in [0.5, 0.6) is 0 Å². The Morgan fingerprint density at radius 2 is 2.30 bits per heavy atom. The van der Waals surface area contributed by atoms with E-state index < -0.39 is 5.97 Å². The van der Waals surface area contributed by atoms with Gasteiger partial charge >= 0.3 is 5.97 Å². The normalized spacial score (nSPS) is 12.6. The number of rotatable bonds is 3. The van der Waals surface area contributed by atoms with Crippen molar-refractivity contribution >= 4 is 17.7 Å². The van der Waals surface area contributed by atoms with Gasteiger partial charge in [0, 0.05) is 24.9 Å². The highest BCUT2D eigenvalue weighted by Gasteiger charge is 2.28. The molecule has 3 heterocycles. The molecule has 116 valence electrons. The Hall–Kier alpha value is -3.23. The van der Waals surface area contributed by atoms with Gasteiger partial charge in [-0.05, 0) is 18.4 Å². The number of anilines is 2. The summed E-state index contributed by atoms with van der Waals surface area (Å²) in [4.78, 5) is 20.2. The molecular formula is C14H13N7O2. The van der Waals surface area contributed by atoms with Crippen LogP contribution in [0.3, 0.4) is 0 Å². The van der Waals surface area contributed by atoms with Crippen LogP contribution in [0.25, 0.3) is 11.4 Å². The van der Waals surface area contributed by atoms with Gasteiger partial charge in [0.25, 0.3) is 0 Å². The first-order chi connectivity index (χ1) is 11.1. The van der Waals surface area contributed by atoms with Gasteiger partial charge in [-0.3, -0.25) is 9.78 Å². The second-order valence-corrected chi connectivity index (χ2v) is 5.27. The molecule has 0 amide bonds. The fraction of sp³-hybridized carbons (Fsp3) is 0.214. The molecule has 0 spiro atoms. The number of fused-ring (bicyclic) bond motifs is 3. The Balaban J connectivity index is 1.81. The molecule has 9 nitrogen and oxygen atoms in total. The van der Waals surface area contributed by atoms with Gasteiger partial charge in [0.15, 0.2) is 5.69 Å². The molecule has 0 saturated carbocycles. The quantitative estimate of drug-likeness (QED) is 0.663. The van der Waals surface area contributed by atoms with Gasteiger partial charge in [0.05, 0.1) is 17.6 Å². The smallest absolute Gasteiger partial charge is 0.356 e. The lowest BCUT2D eigenvalue weighted by Crippen LogP contribution is -2.11. The van der Waals surface area contributed by atoms with Crippen LogP contribution < -0.4 is 5.32 Å². The predicted octanol–water partition coefficient (Wildman–Crippen LogP) is 1.14. The molecule has 0 radical (unpaired) electrons. The summed E-state index contributed by atoms with van der Waals surface area (Å²) in [6.07, 6.45) is 4.70. The molecule has 9 heteroatoms. The maximum Gasteiger partial charge on any atom is 0.356 e. The van der Waals surface area contributed by atoms with Crippen LogP contribution in [0, 0.1) is 0 Å². The molecule has 1 aliphatic carbocycles. The maximum absolute atomic E-state index is 11.3. The third-order valence-corrected chi connectivity index (χ3v) is 3.83. The summed E-state index contributed by atoms with van der Waals surface area (Å²) < 4.78 is 1.57. The summed E-state index contributed by atoms with van der Waals surface area (Å²) in [5.74, 6) is 0.0753. The first-order valence-corrected chi connectivity index (χ1v) is 7.05. The minimum absolute atomic E-state index is 0.0924. The number of aromatic nitrogens is 6. The number of H-pyrrole nitrogens is 1. The highest BCUT2D eigenvalue weighted by Crippen LogP contribution is 2.34. The summed E-state index contributed by atoms with van der Waals surface area (Å²) in [6, 6.07) is 1.76. The Bertz CT molecular complexity index is 898. The van der Waals surface area contributed by atoms with Crippen molar-refractivity contribution in [2.24, 2.45) is 7.05 Å². The first-order valence-electron chi connectivity index (χ1n) is 7.05. The number of hydrogen-bond acceptors (Lipinski definition) is 6. The monoisotopic (exact) mass is 311 g/mol. The van der Waals surface area contributed by atoms with Crippen molar-refractivity contribution in [3.63, 3.8) is 0 Å². The van der Waals surface area contributed by atoms with E-state index in [1.54, 1.807) is 30.2 Å². The summed E-state index contributed by atoms with van der Waals surface area (Å²) in [6.45, 7) is 0. The Labute approximate surface area is 130 Å². The molecule has 0 atom stereocenters. The fourth-order valence-corrected chi connectivity index (χ4v) is 2.83. The van der Waals surface area contributed by atoms with Crippen molar-refractivity contribution < 1.29 is 9.90 Å². The van der Waals surface area contributed by atoms with E-state index in [0.29, 0.717) is 30.3 Å². The van der Waals surface area contributed by atoms with E-state index >= 15 is 0 Å². The van der Waals surface area contributed by atoms with Crippen LogP contribution in [-0.2, 0) is 19.9 Å². The molecule has 23 heavy (non-hydrogen) atoms. The number of carbonyl (C=O) groups is 1. The third kappa shape index (κ3) is 2.13. The summed E-state index contributed by atoms with van der Waals surface area (Å²) >= 11 is 0. The van der Waals surface area contributed by atoms with Gasteiger partial charge in [-0.25, -0.2) is 14.8 Å². The molecule has 0 unspecified atom stereocenters. The second-order valence-electron chi connectivity index (χ2n) is 5.27. The van der Waals surface area contributed by atoms with Crippen molar-refractivity contribution in [2.75, 3.05) is 5.32 Å². The Morgan fingerprint density at radius 3 is 3.04 bits per heavy atom. The average Bonchev–Trinajstić information content (AvgIpc) is 3.15. The zero-order chi connectivity index (χ0) is 16.0. The Morgan fingerprint density at radius 1 is 1.43 bits per heavy atom. The standard InChI is InChI=1S/C14H13N7O2/c1-21-12-8(11(20-21)13(22)23)3-2-7-6-15-14(18-10(7)12)17-9-4-5-16-19-9/h4-6H,2-3H2,1H3,(H,22,23)(H2,15,16,17,18,19). The summed E-state index contributed by atoms with van der Waals surface area (Å²) in [7, 11) is 1.73. The van der Waals surface area contributed by atoms with Gasteiger partial charge in [0.2, 0.25) is 5.95 Å². The van der Waals surface area contributed by atoms with E-state index in [-0.39, 0.29) is 5.69 Å². The molecule has 0 saturated heterocycles. The van der Waals surface area contributed by atoms with E-state index in [0.717, 1.165) is 16.8 Å². The van der Waals surface area contributed by atoms with Crippen LogP contribution >= 0.6 is 0 Å². The van der Waals surface area contributed by atoms with E-state index in [1.807, 2.05) is 0 Å². The van der Waals surface area contributed by atoms with Crippen LogP contribution in [0.1, 0.15) is 21.6 Å². The second kappa shape index (κ2) is 4.90. The van der Waals surface area contributed by atoms with E-state index in [1.165, 1.54) is 0 Å². The lowest BCUT2D eigenvalue weighted by atomic mass is 9.93. The summed E-state index contributed by atoms with van der Waals surface area (Å²) in [5, 5.41) is 23.1. The predicted molar refractivity (Wildman–Crippen MR) is 80.5 cm³/mol. The van der Waals surface area contributed by atoms with E-state index in [4.69, 9.17) is 0 Å². The van der Waals surface area contributed by atoms with E-state index in [9.17, 15) is 9.90 Å². The Kier molecular flexibility index (Phi) is 2.86. The number of aryl methyl sites for hydroxylation is 2. The van der Waals surface area contributed by atoms with Gasteiger partial charge < -0.3 is 10.4 Å². The molecular weight excluding hydrogens is 298 g/mol. The molecule has 0 aromatic carbocycles. The number of nitrogens with one attached hydrogen (secondary N) is 2. The van der Waals surface area contributed by atoms with Crippen molar-refractivity contribution in [3.8, 4) is 11.4 Å². The molecule has 0 fully saturated rings. The number of carboxylic acid groups (broad SMARTS) is 1. The van der Waals surface area contributed by atoms with Gasteiger partial charge in [-0.2, -0.15) is 10.2 Å². The largest absolute Gasteiger partial charge is 0.476 e. The fourth-order valence-electron chi connectivity index (χ4n) is 2.83. The zero-order valence-corrected chi connectivity index (χ0v) is 12.2. The van der Waals surface area contributed by atoms with Crippen LogP contribution in [0.15, 0.2) is 18.5 Å². The van der Waals surface area contributed by atoms with Crippen molar-refractivity contribution in [3.05, 3.63) is 35.3 Å². The van der Waals surface area contributed by atoms with Crippen LogP contribution in [-0.4, -0.2) is 41.0 Å². The number of hydrogen-bond donors (Lipinski definition) is 3. The van der Waals surface area contributed by atoms with Crippen LogP contribution in [0.4, 0.5) is 11.8 Å². The zero-order valence-electron chi connectivity index (χ0n) is 12.2. The minimum atomic E-state index is -1.02. The number of carboxylic acids is 1. The lowest BCUT2D eigenvalue weighted by molar-refractivity contribution is 0.0688. The molecule has 3 aromatic rings. The SMILES string of the molecule is Cn1nc(C(=O)O)c2c1-c1nc(Nc3ccn[nH]3)ncc1CC2. The molecule has 1 aliphatic rings.